The third-order valence-corrected chi connectivity index (χ3v) is 7.71. The Labute approximate surface area is 247 Å². The Morgan fingerprint density at radius 2 is 1.19 bits per heavy atom. The largest absolute Gasteiger partial charge is 0.456 e. The summed E-state index contributed by atoms with van der Waals surface area (Å²) < 4.78 is 6.23. The van der Waals surface area contributed by atoms with Crippen molar-refractivity contribution in [1.82, 2.24) is 15.0 Å². The molecule has 5 nitrogen and oxygen atoms in total. The van der Waals surface area contributed by atoms with Crippen LogP contribution in [0.3, 0.4) is 0 Å². The molecular weight excluding hydrogens is 528 g/mol. The molecular formula is C38H22N4O. The molecule has 5 heteroatoms. The van der Waals surface area contributed by atoms with Crippen molar-refractivity contribution < 1.29 is 4.42 Å². The van der Waals surface area contributed by atoms with Gasteiger partial charge in [0, 0.05) is 21.9 Å². The second kappa shape index (κ2) is 10.1. The predicted octanol–water partition coefficient (Wildman–Crippen LogP) is 9.46. The summed E-state index contributed by atoms with van der Waals surface area (Å²) in [7, 11) is 0. The van der Waals surface area contributed by atoms with E-state index in [0.717, 1.165) is 60.9 Å². The maximum Gasteiger partial charge on any atom is 0.136 e. The van der Waals surface area contributed by atoms with E-state index in [1.54, 1.807) is 12.1 Å². The van der Waals surface area contributed by atoms with Crippen LogP contribution in [-0.2, 0) is 0 Å². The third kappa shape index (κ3) is 4.30. The second-order valence-corrected chi connectivity index (χ2v) is 10.4. The van der Waals surface area contributed by atoms with Gasteiger partial charge in [0.15, 0.2) is 0 Å². The van der Waals surface area contributed by atoms with Crippen molar-refractivity contribution in [3.8, 4) is 51.1 Å². The zero-order valence-electron chi connectivity index (χ0n) is 22.9. The number of benzene rings is 5. The van der Waals surface area contributed by atoms with Gasteiger partial charge in [-0.25, -0.2) is 15.0 Å². The van der Waals surface area contributed by atoms with Crippen LogP contribution in [0, 0.1) is 11.3 Å². The zero-order chi connectivity index (χ0) is 28.8. The molecule has 3 heterocycles. The monoisotopic (exact) mass is 550 g/mol. The number of furan rings is 1. The number of hydrogen-bond donors (Lipinski definition) is 0. The molecule has 0 aliphatic heterocycles. The molecule has 8 aromatic rings. The molecule has 0 fully saturated rings. The molecule has 0 N–H and O–H groups in total. The Balaban J connectivity index is 1.43. The third-order valence-electron chi connectivity index (χ3n) is 7.71. The zero-order valence-corrected chi connectivity index (χ0v) is 22.9. The number of hydrogen-bond acceptors (Lipinski definition) is 5. The van der Waals surface area contributed by atoms with Gasteiger partial charge in [-0.1, -0.05) is 84.9 Å². The van der Waals surface area contributed by atoms with E-state index in [0.29, 0.717) is 22.6 Å². The highest BCUT2D eigenvalue weighted by atomic mass is 16.3. The summed E-state index contributed by atoms with van der Waals surface area (Å²) in [5.74, 6) is 0. The average Bonchev–Trinajstić information content (AvgIpc) is 3.47. The second-order valence-electron chi connectivity index (χ2n) is 10.4. The molecule has 200 valence electrons. The highest BCUT2D eigenvalue weighted by Gasteiger charge is 2.19. The highest BCUT2D eigenvalue weighted by molar-refractivity contribution is 6.12. The van der Waals surface area contributed by atoms with Gasteiger partial charge < -0.3 is 4.42 Å². The molecule has 5 aromatic carbocycles. The van der Waals surface area contributed by atoms with Gasteiger partial charge in [0.05, 0.1) is 39.7 Å². The first-order valence-electron chi connectivity index (χ1n) is 14.0. The number of nitriles is 1. The van der Waals surface area contributed by atoms with Gasteiger partial charge in [-0.15, -0.1) is 0 Å². The summed E-state index contributed by atoms with van der Waals surface area (Å²) in [4.78, 5) is 15.4. The van der Waals surface area contributed by atoms with E-state index in [9.17, 15) is 5.26 Å². The van der Waals surface area contributed by atoms with Gasteiger partial charge in [0.2, 0.25) is 0 Å². The van der Waals surface area contributed by atoms with E-state index in [2.05, 4.69) is 42.5 Å². The van der Waals surface area contributed by atoms with E-state index in [1.165, 1.54) is 0 Å². The molecule has 0 amide bonds. The molecule has 0 aliphatic carbocycles. The molecule has 0 atom stereocenters. The maximum atomic E-state index is 9.38. The van der Waals surface area contributed by atoms with Crippen molar-refractivity contribution in [3.05, 3.63) is 139 Å². The smallest absolute Gasteiger partial charge is 0.136 e. The fourth-order valence-corrected chi connectivity index (χ4v) is 5.66. The molecule has 8 rings (SSSR count). The van der Waals surface area contributed by atoms with Gasteiger partial charge in [0.25, 0.3) is 0 Å². The van der Waals surface area contributed by atoms with E-state index in [-0.39, 0.29) is 0 Å². The summed E-state index contributed by atoms with van der Waals surface area (Å²) in [5, 5.41) is 11.5. The van der Waals surface area contributed by atoms with E-state index in [1.807, 2.05) is 84.9 Å². The highest BCUT2D eigenvalue weighted by Crippen LogP contribution is 2.40. The number of fused-ring (bicyclic) bond motifs is 4. The Bertz CT molecular complexity index is 2350. The quantitative estimate of drug-likeness (QED) is 0.218. The van der Waals surface area contributed by atoms with Crippen molar-refractivity contribution in [3.63, 3.8) is 0 Å². The van der Waals surface area contributed by atoms with E-state index >= 15 is 0 Å². The van der Waals surface area contributed by atoms with Crippen LogP contribution in [0.4, 0.5) is 0 Å². The molecule has 0 unspecified atom stereocenters. The van der Waals surface area contributed by atoms with Crippen molar-refractivity contribution in [2.45, 2.75) is 0 Å². The first-order chi connectivity index (χ1) is 21.2. The van der Waals surface area contributed by atoms with Gasteiger partial charge >= 0.3 is 0 Å². The molecule has 0 radical (unpaired) electrons. The molecule has 0 bridgehead atoms. The minimum absolute atomic E-state index is 0.589. The molecule has 0 spiro atoms. The summed E-state index contributed by atoms with van der Waals surface area (Å²) in [6, 6.07) is 46.2. The number of rotatable bonds is 4. The topological polar surface area (TPSA) is 75.6 Å². The lowest BCUT2D eigenvalue weighted by atomic mass is 9.96. The lowest BCUT2D eigenvalue weighted by molar-refractivity contribution is 0.669. The Kier molecular flexibility index (Phi) is 5.77. The van der Waals surface area contributed by atoms with Gasteiger partial charge in [-0.2, -0.15) is 5.26 Å². The first-order valence-corrected chi connectivity index (χ1v) is 14.0. The summed E-state index contributed by atoms with van der Waals surface area (Å²) in [6.45, 7) is 0. The molecule has 0 saturated heterocycles. The Morgan fingerprint density at radius 1 is 0.512 bits per heavy atom. The molecule has 0 saturated carbocycles. The lowest BCUT2D eigenvalue weighted by Crippen LogP contribution is -1.99. The van der Waals surface area contributed by atoms with Crippen LogP contribution in [0.5, 0.6) is 0 Å². The van der Waals surface area contributed by atoms with Crippen molar-refractivity contribution in [2.75, 3.05) is 0 Å². The van der Waals surface area contributed by atoms with Crippen LogP contribution >= 0.6 is 0 Å². The van der Waals surface area contributed by atoms with Crippen LogP contribution in [0.25, 0.3) is 78.0 Å². The number of nitrogens with zero attached hydrogens (tertiary/aromatic N) is 4. The van der Waals surface area contributed by atoms with Gasteiger partial charge in [-0.3, -0.25) is 0 Å². The fraction of sp³-hybridized carbons (Fsp3) is 0. The molecule has 43 heavy (non-hydrogen) atoms. The van der Waals surface area contributed by atoms with Crippen LogP contribution < -0.4 is 0 Å². The number of para-hydroxylation sites is 3. The number of pyridine rings is 1. The normalized spacial score (nSPS) is 11.2. The van der Waals surface area contributed by atoms with E-state index < -0.39 is 0 Å². The van der Waals surface area contributed by atoms with Crippen LogP contribution in [0.1, 0.15) is 5.56 Å². The fourth-order valence-electron chi connectivity index (χ4n) is 5.66. The van der Waals surface area contributed by atoms with E-state index in [4.69, 9.17) is 19.4 Å². The predicted molar refractivity (Wildman–Crippen MR) is 171 cm³/mol. The van der Waals surface area contributed by atoms with Gasteiger partial charge in [-0.05, 0) is 59.7 Å². The number of aromatic nitrogens is 3. The summed E-state index contributed by atoms with van der Waals surface area (Å²) in [6.07, 6.45) is 0. The minimum atomic E-state index is 0.589. The van der Waals surface area contributed by atoms with Crippen LogP contribution in [-0.4, -0.2) is 15.0 Å². The SMILES string of the molecule is N#Cc1ccc(-c2nc3ccccc3nc2-c2cc(-c3cccc4oc5ccccc5c34)cc(-c3ccccc3)n2)cc1. The lowest BCUT2D eigenvalue weighted by Gasteiger charge is -2.14. The Hall–Kier alpha value is -6.12. The van der Waals surface area contributed by atoms with Crippen molar-refractivity contribution >= 4 is 33.0 Å². The van der Waals surface area contributed by atoms with Crippen molar-refractivity contribution in [2.24, 2.45) is 0 Å². The first kappa shape index (κ1) is 24.7. The molecule has 3 aromatic heterocycles. The van der Waals surface area contributed by atoms with Crippen LogP contribution in [0.15, 0.2) is 138 Å². The minimum Gasteiger partial charge on any atom is -0.456 e. The van der Waals surface area contributed by atoms with Crippen molar-refractivity contribution in [1.29, 1.82) is 5.26 Å². The molecule has 0 aliphatic rings. The summed E-state index contributed by atoms with van der Waals surface area (Å²) >= 11 is 0. The maximum absolute atomic E-state index is 9.38. The van der Waals surface area contributed by atoms with Crippen LogP contribution in [0.2, 0.25) is 0 Å². The van der Waals surface area contributed by atoms with Gasteiger partial charge in [0.1, 0.15) is 16.9 Å². The summed E-state index contributed by atoms with van der Waals surface area (Å²) in [5.41, 5.74) is 10.7. The standard InChI is InChI=1S/C38H22N4O/c39-23-24-17-19-26(20-18-24)37-38(42-31-14-6-5-13-30(31)41-37)33-22-27(21-32(40-33)25-9-2-1-3-10-25)28-12-8-16-35-36(28)29-11-4-7-15-34(29)43-35/h1-22H. The average molecular weight is 551 g/mol. The Morgan fingerprint density at radius 3 is 1.98 bits per heavy atom.